The average Bonchev–Trinajstić information content (AvgIpc) is 2.99. The van der Waals surface area contributed by atoms with Crippen molar-refractivity contribution in [2.24, 2.45) is 7.05 Å². The summed E-state index contributed by atoms with van der Waals surface area (Å²) in [5.41, 5.74) is 2.15. The van der Waals surface area contributed by atoms with Crippen molar-refractivity contribution in [3.63, 3.8) is 0 Å². The molecule has 0 radical (unpaired) electrons. The van der Waals surface area contributed by atoms with Crippen molar-refractivity contribution in [2.75, 3.05) is 12.4 Å². The first-order valence-corrected chi connectivity index (χ1v) is 10.1. The molecule has 0 atom stereocenters. The van der Waals surface area contributed by atoms with Crippen molar-refractivity contribution in [3.8, 4) is 11.4 Å². The summed E-state index contributed by atoms with van der Waals surface area (Å²) in [5.74, 6) is 0.0209. The molecule has 0 fully saturated rings. The third-order valence-corrected chi connectivity index (χ3v) is 5.64. The van der Waals surface area contributed by atoms with Gasteiger partial charge in [0.15, 0.2) is 0 Å². The van der Waals surface area contributed by atoms with E-state index in [1.807, 2.05) is 49.4 Å². The zero-order valence-corrected chi connectivity index (χ0v) is 18.4. The van der Waals surface area contributed by atoms with Crippen LogP contribution in [-0.2, 0) is 18.4 Å². The number of rotatable bonds is 5. The van der Waals surface area contributed by atoms with Crippen LogP contribution < -0.4 is 21.2 Å². The van der Waals surface area contributed by atoms with Crippen LogP contribution in [0.15, 0.2) is 64.2 Å². The number of para-hydroxylation sites is 2. The lowest BCUT2D eigenvalue weighted by Crippen LogP contribution is -2.30. The molecule has 0 bridgehead atoms. The Balaban J connectivity index is 1.73. The minimum atomic E-state index is -0.478. The Bertz CT molecular complexity index is 1450. The Labute approximate surface area is 184 Å². The van der Waals surface area contributed by atoms with Gasteiger partial charge in [-0.25, -0.2) is 4.68 Å². The number of benzene rings is 2. The van der Waals surface area contributed by atoms with Crippen molar-refractivity contribution < 1.29 is 9.53 Å². The average molecular weight is 432 g/mol. The number of carbonyl (C=O) groups is 1. The van der Waals surface area contributed by atoms with Gasteiger partial charge in [-0.05, 0) is 37.6 Å². The number of anilines is 1. The molecule has 0 aliphatic rings. The van der Waals surface area contributed by atoms with Gasteiger partial charge >= 0.3 is 0 Å². The monoisotopic (exact) mass is 432 g/mol. The van der Waals surface area contributed by atoms with Gasteiger partial charge in [-0.15, -0.1) is 0 Å². The minimum absolute atomic E-state index is 0.179. The van der Waals surface area contributed by atoms with Crippen LogP contribution in [0, 0.1) is 13.8 Å². The van der Waals surface area contributed by atoms with E-state index in [1.54, 1.807) is 24.7 Å². The van der Waals surface area contributed by atoms with E-state index in [2.05, 4.69) is 5.32 Å². The number of ether oxygens (including phenoxy) is 1. The van der Waals surface area contributed by atoms with Gasteiger partial charge < -0.3 is 10.1 Å². The number of aromatic nitrogens is 3. The second-order valence-corrected chi connectivity index (χ2v) is 7.59. The zero-order chi connectivity index (χ0) is 23.0. The lowest BCUT2D eigenvalue weighted by atomic mass is 10.1. The lowest BCUT2D eigenvalue weighted by Gasteiger charge is -2.14. The highest BCUT2D eigenvalue weighted by Gasteiger charge is 2.20. The van der Waals surface area contributed by atoms with E-state index >= 15 is 0 Å². The summed E-state index contributed by atoms with van der Waals surface area (Å²) in [6.45, 7) is 3.34. The highest BCUT2D eigenvalue weighted by Crippen LogP contribution is 2.26. The predicted molar refractivity (Wildman–Crippen MR) is 124 cm³/mol. The summed E-state index contributed by atoms with van der Waals surface area (Å²) < 4.78 is 9.97. The molecule has 0 saturated carbocycles. The van der Waals surface area contributed by atoms with Gasteiger partial charge in [0.2, 0.25) is 5.91 Å². The fourth-order valence-electron chi connectivity index (χ4n) is 3.93. The topological polar surface area (TPSA) is 87.3 Å². The number of pyridine rings is 1. The maximum Gasteiger partial charge on any atom is 0.295 e. The summed E-state index contributed by atoms with van der Waals surface area (Å²) in [6.07, 6.45) is 0. The molecule has 0 unspecified atom stereocenters. The van der Waals surface area contributed by atoms with E-state index in [4.69, 9.17) is 4.74 Å². The molecule has 0 spiro atoms. The number of hydrogen-bond acceptors (Lipinski definition) is 4. The normalized spacial score (nSPS) is 11.0. The zero-order valence-electron chi connectivity index (χ0n) is 18.4. The molecule has 4 aromatic rings. The number of amides is 1. The summed E-state index contributed by atoms with van der Waals surface area (Å²) in [5, 5.41) is 3.53. The van der Waals surface area contributed by atoms with Gasteiger partial charge in [0.1, 0.15) is 18.0 Å². The first kappa shape index (κ1) is 21.2. The maximum absolute atomic E-state index is 13.1. The first-order valence-electron chi connectivity index (χ1n) is 10.1. The highest BCUT2D eigenvalue weighted by molar-refractivity contribution is 5.93. The summed E-state index contributed by atoms with van der Waals surface area (Å²) in [6, 6.07) is 16.1. The van der Waals surface area contributed by atoms with Crippen molar-refractivity contribution in [3.05, 3.63) is 86.6 Å². The van der Waals surface area contributed by atoms with Crippen LogP contribution in [-0.4, -0.2) is 26.9 Å². The van der Waals surface area contributed by atoms with Crippen LogP contribution >= 0.6 is 0 Å². The van der Waals surface area contributed by atoms with Crippen LogP contribution in [0.4, 0.5) is 5.69 Å². The first-order chi connectivity index (χ1) is 15.3. The molecule has 2 heterocycles. The van der Waals surface area contributed by atoms with Gasteiger partial charge in [0.05, 0.1) is 24.0 Å². The molecule has 2 aromatic heterocycles. The summed E-state index contributed by atoms with van der Waals surface area (Å²) in [4.78, 5) is 38.8. The fourth-order valence-corrected chi connectivity index (χ4v) is 3.93. The van der Waals surface area contributed by atoms with Crippen molar-refractivity contribution in [2.45, 2.75) is 20.4 Å². The third-order valence-electron chi connectivity index (χ3n) is 5.64. The highest BCUT2D eigenvalue weighted by atomic mass is 16.5. The summed E-state index contributed by atoms with van der Waals surface area (Å²) >= 11 is 0. The number of nitrogens with zero attached hydrogens (tertiary/aromatic N) is 3. The van der Waals surface area contributed by atoms with Crippen LogP contribution in [0.5, 0.6) is 5.75 Å². The quantitative estimate of drug-likeness (QED) is 0.525. The van der Waals surface area contributed by atoms with E-state index in [1.165, 1.54) is 22.4 Å². The Hall–Kier alpha value is -4.07. The van der Waals surface area contributed by atoms with Crippen LogP contribution in [0.25, 0.3) is 16.6 Å². The van der Waals surface area contributed by atoms with Gasteiger partial charge in [-0.2, -0.15) is 0 Å². The second kappa shape index (κ2) is 8.22. The molecule has 0 saturated heterocycles. The number of fused-ring (bicyclic) bond motifs is 1. The van der Waals surface area contributed by atoms with Crippen molar-refractivity contribution in [1.29, 1.82) is 0 Å². The van der Waals surface area contributed by atoms with Gasteiger partial charge in [0.25, 0.3) is 11.1 Å². The Morgan fingerprint density at radius 2 is 1.75 bits per heavy atom. The van der Waals surface area contributed by atoms with Gasteiger partial charge in [-0.1, -0.05) is 30.3 Å². The molecule has 8 heteroatoms. The number of aryl methyl sites for hydroxylation is 1. The maximum atomic E-state index is 13.1. The number of carbonyl (C=O) groups excluding carboxylic acids is 1. The lowest BCUT2D eigenvalue weighted by molar-refractivity contribution is -0.116. The van der Waals surface area contributed by atoms with Gasteiger partial charge in [-0.3, -0.25) is 23.6 Å². The Morgan fingerprint density at radius 3 is 2.44 bits per heavy atom. The molecule has 32 heavy (non-hydrogen) atoms. The molecule has 164 valence electrons. The van der Waals surface area contributed by atoms with Crippen LogP contribution in [0.3, 0.4) is 0 Å². The molecule has 8 nitrogen and oxygen atoms in total. The van der Waals surface area contributed by atoms with E-state index in [-0.39, 0.29) is 23.4 Å². The molecular formula is C24H24N4O4. The number of nitrogens with one attached hydrogen (secondary N) is 1. The fraction of sp³-hybridized carbons (Fsp3) is 0.208. The standard InChI is InChI=1S/C24H24N4O4/c1-15-13-21(30)27(23-18(15)11-8-12-19(23)32-4)14-20(29)25-22-16(2)26(3)28(24(22)31)17-9-6-5-7-10-17/h5-13H,14H2,1-4H3,(H,25,29). The third kappa shape index (κ3) is 3.49. The second-order valence-electron chi connectivity index (χ2n) is 7.59. The SMILES string of the molecule is COc1cccc2c(C)cc(=O)n(CC(=O)Nc3c(C)n(C)n(-c4ccccc4)c3=O)c12. The molecular weight excluding hydrogens is 408 g/mol. The van der Waals surface area contributed by atoms with E-state index in [0.29, 0.717) is 22.6 Å². The van der Waals surface area contributed by atoms with E-state index < -0.39 is 5.91 Å². The summed E-state index contributed by atoms with van der Waals surface area (Å²) in [7, 11) is 3.27. The Kier molecular flexibility index (Phi) is 5.44. The number of hydrogen-bond donors (Lipinski definition) is 1. The van der Waals surface area contributed by atoms with Crippen LogP contribution in [0.1, 0.15) is 11.3 Å². The molecule has 1 N–H and O–H groups in total. The van der Waals surface area contributed by atoms with Crippen molar-refractivity contribution >= 4 is 22.5 Å². The van der Waals surface area contributed by atoms with Gasteiger partial charge in [0, 0.05) is 18.5 Å². The molecule has 2 aromatic carbocycles. The van der Waals surface area contributed by atoms with E-state index in [9.17, 15) is 14.4 Å². The smallest absolute Gasteiger partial charge is 0.295 e. The molecule has 4 rings (SSSR count). The molecule has 1 amide bonds. The number of methoxy groups -OCH3 is 1. The Morgan fingerprint density at radius 1 is 1.03 bits per heavy atom. The van der Waals surface area contributed by atoms with Crippen molar-refractivity contribution in [1.82, 2.24) is 13.9 Å². The largest absolute Gasteiger partial charge is 0.495 e. The minimum Gasteiger partial charge on any atom is -0.495 e. The molecule has 0 aliphatic heterocycles. The van der Waals surface area contributed by atoms with E-state index in [0.717, 1.165) is 10.9 Å². The predicted octanol–water partition coefficient (Wildman–Crippen LogP) is 2.76. The molecule has 0 aliphatic carbocycles. The van der Waals surface area contributed by atoms with Crippen LogP contribution in [0.2, 0.25) is 0 Å².